The summed E-state index contributed by atoms with van der Waals surface area (Å²) in [5, 5.41) is 6.40. The highest BCUT2D eigenvalue weighted by molar-refractivity contribution is 6.30. The van der Waals surface area contributed by atoms with Gasteiger partial charge in [-0.2, -0.15) is 5.10 Å². The van der Waals surface area contributed by atoms with Gasteiger partial charge in [0.2, 0.25) is 0 Å². The zero-order valence-electron chi connectivity index (χ0n) is 14.8. The SMILES string of the molecule is CC/C=C/C(=O)OCC(=O)N1N=C(c2ccc(Cl)cc2)C[C@H]1c1ccco1. The molecule has 6 nitrogen and oxygen atoms in total. The standard InChI is InChI=1S/C20H19ClN2O4/c1-2-3-6-20(25)27-13-19(24)23-17(18-5-4-11-26-18)12-16(22-23)14-7-9-15(21)10-8-14/h3-11,17H,2,12-13H2,1H3/b6-3+/t17-/m0/s1. The topological polar surface area (TPSA) is 72.1 Å². The average molecular weight is 387 g/mol. The van der Waals surface area contributed by atoms with Gasteiger partial charge in [0.25, 0.3) is 5.91 Å². The summed E-state index contributed by atoms with van der Waals surface area (Å²) in [6.45, 7) is 1.52. The maximum Gasteiger partial charge on any atom is 0.330 e. The minimum Gasteiger partial charge on any atom is -0.467 e. The van der Waals surface area contributed by atoms with E-state index in [1.54, 1.807) is 36.6 Å². The number of esters is 1. The van der Waals surface area contributed by atoms with Crippen LogP contribution >= 0.6 is 11.6 Å². The average Bonchev–Trinajstić information content (AvgIpc) is 3.34. The van der Waals surface area contributed by atoms with E-state index in [4.69, 9.17) is 20.8 Å². The number of hydrazone groups is 1. The Hall–Kier alpha value is -2.86. The smallest absolute Gasteiger partial charge is 0.330 e. The van der Waals surface area contributed by atoms with Gasteiger partial charge in [-0.1, -0.05) is 36.7 Å². The van der Waals surface area contributed by atoms with Crippen LogP contribution in [0.15, 0.2) is 64.3 Å². The van der Waals surface area contributed by atoms with Crippen molar-refractivity contribution >= 4 is 29.2 Å². The van der Waals surface area contributed by atoms with Crippen LogP contribution in [0.4, 0.5) is 0 Å². The molecule has 2 aromatic rings. The molecule has 140 valence electrons. The fourth-order valence-corrected chi connectivity index (χ4v) is 2.85. The van der Waals surface area contributed by atoms with Gasteiger partial charge < -0.3 is 9.15 Å². The Labute approximate surface area is 162 Å². The van der Waals surface area contributed by atoms with E-state index in [2.05, 4.69) is 5.10 Å². The van der Waals surface area contributed by atoms with Crippen LogP contribution in [0, 0.1) is 0 Å². The van der Waals surface area contributed by atoms with E-state index in [0.717, 1.165) is 11.3 Å². The van der Waals surface area contributed by atoms with Gasteiger partial charge in [0.15, 0.2) is 6.61 Å². The first-order chi connectivity index (χ1) is 13.1. The third kappa shape index (κ3) is 4.65. The second kappa shape index (κ2) is 8.68. The zero-order chi connectivity index (χ0) is 19.2. The molecule has 1 amide bonds. The number of allylic oxidation sites excluding steroid dienone is 1. The Morgan fingerprint density at radius 2 is 2.11 bits per heavy atom. The molecule has 0 radical (unpaired) electrons. The molecule has 0 saturated heterocycles. The molecule has 3 rings (SSSR count). The van der Waals surface area contributed by atoms with Crippen molar-refractivity contribution in [3.8, 4) is 0 Å². The zero-order valence-corrected chi connectivity index (χ0v) is 15.6. The predicted molar refractivity (Wildman–Crippen MR) is 101 cm³/mol. The summed E-state index contributed by atoms with van der Waals surface area (Å²) in [5.41, 5.74) is 1.60. The maximum atomic E-state index is 12.6. The molecule has 7 heteroatoms. The lowest BCUT2D eigenvalue weighted by Crippen LogP contribution is -2.31. The highest BCUT2D eigenvalue weighted by atomic mass is 35.5. The number of nitrogens with zero attached hydrogens (tertiary/aromatic N) is 2. The Morgan fingerprint density at radius 1 is 1.33 bits per heavy atom. The highest BCUT2D eigenvalue weighted by Gasteiger charge is 2.35. The number of amides is 1. The largest absolute Gasteiger partial charge is 0.467 e. The first-order valence-electron chi connectivity index (χ1n) is 8.60. The molecule has 1 aliphatic rings. The number of hydrogen-bond donors (Lipinski definition) is 0. The Morgan fingerprint density at radius 3 is 2.78 bits per heavy atom. The number of hydrogen-bond acceptors (Lipinski definition) is 5. The van der Waals surface area contributed by atoms with Crippen molar-refractivity contribution in [2.45, 2.75) is 25.8 Å². The van der Waals surface area contributed by atoms with Crippen LogP contribution in [-0.2, 0) is 14.3 Å². The second-order valence-corrected chi connectivity index (χ2v) is 6.38. The number of carbonyl (C=O) groups is 2. The molecular formula is C20H19ClN2O4. The summed E-state index contributed by atoms with van der Waals surface area (Å²) < 4.78 is 10.5. The summed E-state index contributed by atoms with van der Waals surface area (Å²) in [7, 11) is 0. The van der Waals surface area contributed by atoms with E-state index < -0.39 is 11.9 Å². The van der Waals surface area contributed by atoms with E-state index in [1.807, 2.05) is 19.1 Å². The summed E-state index contributed by atoms with van der Waals surface area (Å²) in [5.74, 6) is -0.354. The van der Waals surface area contributed by atoms with Gasteiger partial charge in [-0.25, -0.2) is 9.80 Å². The molecule has 0 fully saturated rings. The van der Waals surface area contributed by atoms with Crippen LogP contribution in [0.2, 0.25) is 5.02 Å². The number of carbonyl (C=O) groups excluding carboxylic acids is 2. The molecule has 0 saturated carbocycles. The van der Waals surface area contributed by atoms with Crippen molar-refractivity contribution < 1.29 is 18.7 Å². The number of ether oxygens (including phenoxy) is 1. The Balaban J connectivity index is 1.77. The van der Waals surface area contributed by atoms with Gasteiger partial charge in [0.1, 0.15) is 11.8 Å². The van der Waals surface area contributed by atoms with Crippen LogP contribution in [0.1, 0.15) is 37.1 Å². The minimum atomic E-state index is -0.555. The van der Waals surface area contributed by atoms with Crippen molar-refractivity contribution in [3.63, 3.8) is 0 Å². The first kappa shape index (κ1) is 18.9. The molecule has 2 heterocycles. The summed E-state index contributed by atoms with van der Waals surface area (Å²) >= 11 is 5.94. The second-order valence-electron chi connectivity index (χ2n) is 5.95. The van der Waals surface area contributed by atoms with E-state index >= 15 is 0 Å². The van der Waals surface area contributed by atoms with Crippen molar-refractivity contribution in [1.82, 2.24) is 5.01 Å². The molecule has 1 aromatic carbocycles. The molecule has 0 bridgehead atoms. The van der Waals surface area contributed by atoms with E-state index in [-0.39, 0.29) is 12.6 Å². The molecule has 27 heavy (non-hydrogen) atoms. The van der Waals surface area contributed by atoms with Gasteiger partial charge in [0.05, 0.1) is 12.0 Å². The van der Waals surface area contributed by atoms with E-state index in [9.17, 15) is 9.59 Å². The third-order valence-electron chi connectivity index (χ3n) is 4.04. The number of benzene rings is 1. The first-order valence-corrected chi connectivity index (χ1v) is 8.98. The molecule has 0 N–H and O–H groups in total. The van der Waals surface area contributed by atoms with Crippen LogP contribution in [0.3, 0.4) is 0 Å². The van der Waals surface area contributed by atoms with Crippen molar-refractivity contribution in [3.05, 3.63) is 71.2 Å². The lowest BCUT2D eigenvalue weighted by Gasteiger charge is -2.19. The van der Waals surface area contributed by atoms with Crippen molar-refractivity contribution in [1.29, 1.82) is 0 Å². The monoisotopic (exact) mass is 386 g/mol. The fraction of sp³-hybridized carbons (Fsp3) is 0.250. The predicted octanol–water partition coefficient (Wildman–Crippen LogP) is 4.12. The fourth-order valence-electron chi connectivity index (χ4n) is 2.72. The molecule has 0 unspecified atom stereocenters. The highest BCUT2D eigenvalue weighted by Crippen LogP contribution is 2.33. The van der Waals surface area contributed by atoms with Crippen molar-refractivity contribution in [2.24, 2.45) is 5.10 Å². The summed E-state index contributed by atoms with van der Waals surface area (Å²) in [6, 6.07) is 10.4. The minimum absolute atomic E-state index is 0.386. The Kier molecular flexibility index (Phi) is 6.08. The molecule has 1 atom stereocenters. The van der Waals surface area contributed by atoms with Crippen LogP contribution in [0.5, 0.6) is 0 Å². The van der Waals surface area contributed by atoms with Crippen LogP contribution < -0.4 is 0 Å². The van der Waals surface area contributed by atoms with Gasteiger partial charge in [0, 0.05) is 17.5 Å². The number of halogens is 1. The van der Waals surface area contributed by atoms with Crippen molar-refractivity contribution in [2.75, 3.05) is 6.61 Å². The molecule has 1 aromatic heterocycles. The van der Waals surface area contributed by atoms with Gasteiger partial charge >= 0.3 is 5.97 Å². The Bertz CT molecular complexity index is 857. The quantitative estimate of drug-likeness (QED) is 0.553. The lowest BCUT2D eigenvalue weighted by atomic mass is 10.0. The molecule has 1 aliphatic heterocycles. The molecule has 0 spiro atoms. The maximum absolute atomic E-state index is 12.6. The summed E-state index contributed by atoms with van der Waals surface area (Å²) in [6.07, 6.45) is 5.73. The normalized spacial score (nSPS) is 16.6. The van der Waals surface area contributed by atoms with Crippen LogP contribution in [0.25, 0.3) is 0 Å². The van der Waals surface area contributed by atoms with Gasteiger partial charge in [-0.3, -0.25) is 4.79 Å². The van der Waals surface area contributed by atoms with Crippen LogP contribution in [-0.4, -0.2) is 29.2 Å². The third-order valence-corrected chi connectivity index (χ3v) is 4.29. The summed E-state index contributed by atoms with van der Waals surface area (Å²) in [4.78, 5) is 24.2. The molecular weight excluding hydrogens is 368 g/mol. The van der Waals surface area contributed by atoms with E-state index in [0.29, 0.717) is 23.6 Å². The van der Waals surface area contributed by atoms with E-state index in [1.165, 1.54) is 11.1 Å². The van der Waals surface area contributed by atoms with Gasteiger partial charge in [-0.15, -0.1) is 0 Å². The number of furan rings is 1. The van der Waals surface area contributed by atoms with Gasteiger partial charge in [-0.05, 0) is 36.2 Å². The number of rotatable bonds is 6. The molecule has 0 aliphatic carbocycles. The lowest BCUT2D eigenvalue weighted by molar-refractivity contribution is -0.149.